The molecule has 6 nitrogen and oxygen atoms in total. The Hall–Kier alpha value is -3.01. The zero-order valence-electron chi connectivity index (χ0n) is 18.7. The van der Waals surface area contributed by atoms with Gasteiger partial charge in [0.2, 0.25) is 0 Å². The van der Waals surface area contributed by atoms with Crippen LogP contribution in [0.2, 0.25) is 0 Å². The number of allylic oxidation sites excluding steroid dienone is 3. The second kappa shape index (κ2) is 10.7. The first-order chi connectivity index (χ1) is 15.3. The van der Waals surface area contributed by atoms with Gasteiger partial charge in [-0.2, -0.15) is 13.2 Å². The van der Waals surface area contributed by atoms with Crippen molar-refractivity contribution in [2.24, 2.45) is 0 Å². The number of alkyl halides is 3. The predicted molar refractivity (Wildman–Crippen MR) is 122 cm³/mol. The lowest BCUT2D eigenvalue weighted by atomic mass is 10.2. The van der Waals surface area contributed by atoms with Crippen molar-refractivity contribution in [2.75, 3.05) is 6.54 Å². The summed E-state index contributed by atoms with van der Waals surface area (Å²) in [6, 6.07) is 7.08. The summed E-state index contributed by atoms with van der Waals surface area (Å²) in [4.78, 5) is 31.8. The first-order valence-corrected chi connectivity index (χ1v) is 11.0. The number of H-pyrrole nitrogens is 1. The normalized spacial score (nSPS) is 12.9. The van der Waals surface area contributed by atoms with E-state index in [9.17, 15) is 27.9 Å². The van der Waals surface area contributed by atoms with Crippen LogP contribution in [0.3, 0.4) is 0 Å². The number of benzene rings is 1. The Morgan fingerprint density at radius 1 is 1.21 bits per heavy atom. The van der Waals surface area contributed by atoms with Gasteiger partial charge in [0.15, 0.2) is 0 Å². The van der Waals surface area contributed by atoms with Crippen LogP contribution in [0.25, 0.3) is 11.4 Å². The molecule has 0 saturated carbocycles. The number of hydrogen-bond acceptors (Lipinski definition) is 4. The third kappa shape index (κ3) is 7.24. The van der Waals surface area contributed by atoms with Gasteiger partial charge in [0, 0.05) is 22.7 Å². The van der Waals surface area contributed by atoms with E-state index in [1.165, 1.54) is 17.8 Å². The van der Waals surface area contributed by atoms with Gasteiger partial charge in [0.05, 0.1) is 5.57 Å². The zero-order chi connectivity index (χ0) is 24.8. The molecule has 0 atom stereocenters. The fourth-order valence-corrected chi connectivity index (χ4v) is 3.71. The molecule has 2 aromatic rings. The number of aryl methyl sites for hydroxylation is 1. The van der Waals surface area contributed by atoms with Gasteiger partial charge in [-0.05, 0) is 39.3 Å². The van der Waals surface area contributed by atoms with E-state index in [0.29, 0.717) is 17.1 Å². The summed E-state index contributed by atoms with van der Waals surface area (Å²) in [6.07, 6.45) is -0.934. The van der Waals surface area contributed by atoms with E-state index in [1.807, 2.05) is 0 Å². The van der Waals surface area contributed by atoms with E-state index in [-0.39, 0.29) is 18.7 Å². The maximum Gasteiger partial charge on any atom is 0.416 e. The number of carboxylic acids is 1. The summed E-state index contributed by atoms with van der Waals surface area (Å²) in [5.74, 6) is -0.977. The molecule has 33 heavy (non-hydrogen) atoms. The molecule has 178 valence electrons. The molecule has 0 aliphatic rings. The molecule has 3 N–H and O–H groups in total. The summed E-state index contributed by atoms with van der Waals surface area (Å²) in [7, 11) is 0. The minimum atomic E-state index is -4.44. The van der Waals surface area contributed by atoms with Gasteiger partial charge in [0.1, 0.15) is 16.3 Å². The van der Waals surface area contributed by atoms with E-state index in [4.69, 9.17) is 0 Å². The number of imidazole rings is 1. The van der Waals surface area contributed by atoms with E-state index in [2.05, 4.69) is 15.3 Å². The van der Waals surface area contributed by atoms with Crippen LogP contribution in [0.5, 0.6) is 0 Å². The number of amides is 1. The van der Waals surface area contributed by atoms with Crippen LogP contribution in [0.4, 0.5) is 13.2 Å². The Morgan fingerprint density at radius 3 is 2.39 bits per heavy atom. The molecule has 0 spiro atoms. The quantitative estimate of drug-likeness (QED) is 0.324. The largest absolute Gasteiger partial charge is 0.480 e. The van der Waals surface area contributed by atoms with Crippen molar-refractivity contribution in [2.45, 2.75) is 49.9 Å². The standard InChI is InChI=1S/C23H26F3N3O3S/c1-5-7-16(23(24,25)26)8-6-13-27-20(30)18-14(2)28-19(29-18)15-9-11-17(12-10-15)33-22(3,4)21(31)32/h6-12H,5,13H2,1-4H3,(H,27,30)(H,28,29)(H,31,32)/b8-6-,16-7+. The molecule has 1 aromatic carbocycles. The van der Waals surface area contributed by atoms with Crippen molar-refractivity contribution in [1.29, 1.82) is 0 Å². The topological polar surface area (TPSA) is 95.1 Å². The first-order valence-electron chi connectivity index (χ1n) is 10.2. The number of rotatable bonds is 9. The Morgan fingerprint density at radius 2 is 1.85 bits per heavy atom. The highest BCUT2D eigenvalue weighted by atomic mass is 32.2. The van der Waals surface area contributed by atoms with Gasteiger partial charge >= 0.3 is 12.1 Å². The van der Waals surface area contributed by atoms with Crippen LogP contribution in [-0.4, -0.2) is 44.4 Å². The Kier molecular flexibility index (Phi) is 8.54. The lowest BCUT2D eigenvalue weighted by Crippen LogP contribution is -2.26. The number of carbonyl (C=O) groups is 2. The average Bonchev–Trinajstić information content (AvgIpc) is 3.11. The molecular weight excluding hydrogens is 455 g/mol. The van der Waals surface area contributed by atoms with Gasteiger partial charge in [-0.1, -0.05) is 37.3 Å². The van der Waals surface area contributed by atoms with E-state index in [0.717, 1.165) is 17.0 Å². The number of thioether (sulfide) groups is 1. The van der Waals surface area contributed by atoms with Gasteiger partial charge in [-0.25, -0.2) is 4.98 Å². The third-order valence-electron chi connectivity index (χ3n) is 4.54. The number of aromatic nitrogens is 2. The van der Waals surface area contributed by atoms with E-state index in [1.54, 1.807) is 52.0 Å². The fourth-order valence-electron chi connectivity index (χ4n) is 2.76. The molecule has 1 amide bonds. The summed E-state index contributed by atoms with van der Waals surface area (Å²) < 4.78 is 37.6. The molecule has 0 aliphatic heterocycles. The van der Waals surface area contributed by atoms with Gasteiger partial charge < -0.3 is 15.4 Å². The number of nitrogens with zero attached hydrogens (tertiary/aromatic N) is 1. The number of aliphatic carboxylic acids is 1. The van der Waals surface area contributed by atoms with Crippen LogP contribution in [-0.2, 0) is 4.79 Å². The van der Waals surface area contributed by atoms with Gasteiger partial charge in [0.25, 0.3) is 5.91 Å². The van der Waals surface area contributed by atoms with Crippen LogP contribution in [0.15, 0.2) is 53.0 Å². The summed E-state index contributed by atoms with van der Waals surface area (Å²) in [5, 5.41) is 11.8. The van der Waals surface area contributed by atoms with Crippen molar-refractivity contribution in [3.05, 3.63) is 59.5 Å². The highest BCUT2D eigenvalue weighted by Crippen LogP contribution is 2.33. The highest BCUT2D eigenvalue weighted by Gasteiger charge is 2.31. The third-order valence-corrected chi connectivity index (χ3v) is 5.74. The Labute approximate surface area is 194 Å². The van der Waals surface area contributed by atoms with Crippen LogP contribution in [0.1, 0.15) is 43.4 Å². The molecule has 1 heterocycles. The summed E-state index contributed by atoms with van der Waals surface area (Å²) in [5.41, 5.74) is 0.600. The predicted octanol–water partition coefficient (Wildman–Crippen LogP) is 5.53. The van der Waals surface area contributed by atoms with E-state index >= 15 is 0 Å². The highest BCUT2D eigenvalue weighted by molar-refractivity contribution is 8.01. The van der Waals surface area contributed by atoms with Crippen molar-refractivity contribution >= 4 is 23.6 Å². The zero-order valence-corrected chi connectivity index (χ0v) is 19.5. The molecule has 10 heteroatoms. The number of nitrogens with one attached hydrogen (secondary N) is 2. The minimum absolute atomic E-state index is 0.0805. The van der Waals surface area contributed by atoms with Crippen LogP contribution in [0, 0.1) is 6.92 Å². The number of aromatic amines is 1. The molecule has 2 rings (SSSR count). The van der Waals surface area contributed by atoms with Crippen molar-refractivity contribution in [3.8, 4) is 11.4 Å². The lowest BCUT2D eigenvalue weighted by Gasteiger charge is -2.18. The Bertz CT molecular complexity index is 1060. The van der Waals surface area contributed by atoms with Crippen molar-refractivity contribution in [1.82, 2.24) is 15.3 Å². The number of carbonyl (C=O) groups excluding carboxylic acids is 1. The maximum atomic E-state index is 12.9. The van der Waals surface area contributed by atoms with Crippen molar-refractivity contribution < 1.29 is 27.9 Å². The molecule has 0 fully saturated rings. The van der Waals surface area contributed by atoms with E-state index < -0.39 is 28.4 Å². The molecular formula is C23H26F3N3O3S. The first kappa shape index (κ1) is 26.2. The molecule has 0 saturated heterocycles. The number of carboxylic acid groups (broad SMARTS) is 1. The van der Waals surface area contributed by atoms with Crippen LogP contribution < -0.4 is 5.32 Å². The SMILES string of the molecule is CC/C=C(\C=C/CNC(=O)c1nc(-c2ccc(SC(C)(C)C(=O)O)cc2)[nH]c1C)C(F)(F)F. The average molecular weight is 482 g/mol. The molecule has 0 aliphatic carbocycles. The maximum absolute atomic E-state index is 12.9. The second-order valence-corrected chi connectivity index (χ2v) is 9.37. The van der Waals surface area contributed by atoms with Crippen LogP contribution >= 0.6 is 11.8 Å². The monoisotopic (exact) mass is 481 g/mol. The van der Waals surface area contributed by atoms with Crippen molar-refractivity contribution in [3.63, 3.8) is 0 Å². The smallest absolute Gasteiger partial charge is 0.416 e. The number of hydrogen-bond donors (Lipinski definition) is 3. The van der Waals surface area contributed by atoms with Gasteiger partial charge in [-0.15, -0.1) is 11.8 Å². The summed E-state index contributed by atoms with van der Waals surface area (Å²) in [6.45, 7) is 6.44. The second-order valence-electron chi connectivity index (χ2n) is 7.68. The lowest BCUT2D eigenvalue weighted by molar-refractivity contribution is -0.138. The van der Waals surface area contributed by atoms with Gasteiger partial charge in [-0.3, -0.25) is 9.59 Å². The summed E-state index contributed by atoms with van der Waals surface area (Å²) >= 11 is 1.21. The molecule has 1 aromatic heterocycles. The molecule has 0 bridgehead atoms. The fraction of sp³-hybridized carbons (Fsp3) is 0.348. The molecule has 0 unspecified atom stereocenters. The minimum Gasteiger partial charge on any atom is -0.480 e. The molecule has 0 radical (unpaired) electrons. The Balaban J connectivity index is 2.06. The number of halogens is 3.